The van der Waals surface area contributed by atoms with E-state index >= 15 is 0 Å². The van der Waals surface area contributed by atoms with Crippen LogP contribution in [0.3, 0.4) is 0 Å². The minimum absolute atomic E-state index is 0.0342. The van der Waals surface area contributed by atoms with Crippen LogP contribution in [-0.4, -0.2) is 11.6 Å². The van der Waals surface area contributed by atoms with E-state index in [0.717, 1.165) is 33.8 Å². The van der Waals surface area contributed by atoms with Gasteiger partial charge in [-0.15, -0.1) is 0 Å². The van der Waals surface area contributed by atoms with Crippen LogP contribution in [0.25, 0.3) is 0 Å². The van der Waals surface area contributed by atoms with Gasteiger partial charge in [0, 0.05) is 20.8 Å². The van der Waals surface area contributed by atoms with Gasteiger partial charge >= 0.3 is 0 Å². The minimum Gasteiger partial charge on any atom is -0.293 e. The lowest BCUT2D eigenvalue weighted by Crippen LogP contribution is -2.33. The monoisotopic (exact) mass is 364 g/mol. The number of hydrogen-bond acceptors (Lipinski definition) is 3. The molecule has 0 saturated carbocycles. The second kappa shape index (κ2) is 7.24. The van der Waals surface area contributed by atoms with E-state index in [1.165, 1.54) is 0 Å². The number of ketones is 2. The van der Waals surface area contributed by atoms with Crippen LogP contribution in [-0.2, 0) is 4.79 Å². The summed E-state index contributed by atoms with van der Waals surface area (Å²) < 4.78 is 0. The molecule has 0 bridgehead atoms. The van der Waals surface area contributed by atoms with Gasteiger partial charge in [0.05, 0.1) is 5.57 Å². The molecule has 0 aromatic heterocycles. The summed E-state index contributed by atoms with van der Waals surface area (Å²) in [4.78, 5) is 28.5. The smallest absolute Gasteiger partial charge is 0.197 e. The summed E-state index contributed by atoms with van der Waals surface area (Å²) in [6.45, 7) is 7.82. The Morgan fingerprint density at radius 2 is 1.69 bits per heavy atom. The number of rotatable bonds is 4. The molecular formula is C23H24O2S. The molecule has 0 saturated heterocycles. The van der Waals surface area contributed by atoms with Crippen LogP contribution in [0.5, 0.6) is 0 Å². The number of benzene rings is 2. The second-order valence-corrected chi connectivity index (χ2v) is 8.67. The third kappa shape index (κ3) is 3.54. The van der Waals surface area contributed by atoms with Crippen molar-refractivity contribution in [1.82, 2.24) is 0 Å². The molecule has 2 aromatic rings. The van der Waals surface area contributed by atoms with Crippen molar-refractivity contribution in [1.29, 1.82) is 0 Å². The molecule has 26 heavy (non-hydrogen) atoms. The van der Waals surface area contributed by atoms with Gasteiger partial charge in [0.2, 0.25) is 0 Å². The Bertz CT molecular complexity index is 892. The van der Waals surface area contributed by atoms with E-state index in [1.807, 2.05) is 76.2 Å². The van der Waals surface area contributed by atoms with E-state index in [-0.39, 0.29) is 11.6 Å². The number of thioether (sulfide) groups is 1. The summed E-state index contributed by atoms with van der Waals surface area (Å²) in [5.74, 6) is -0.171. The topological polar surface area (TPSA) is 34.1 Å². The van der Waals surface area contributed by atoms with Gasteiger partial charge < -0.3 is 0 Å². The van der Waals surface area contributed by atoms with Crippen LogP contribution in [0.2, 0.25) is 0 Å². The van der Waals surface area contributed by atoms with Gasteiger partial charge in [-0.1, -0.05) is 62.0 Å². The molecule has 0 heterocycles. The van der Waals surface area contributed by atoms with Crippen LogP contribution in [0, 0.1) is 19.3 Å². The average Bonchev–Trinajstić information content (AvgIpc) is 2.61. The van der Waals surface area contributed by atoms with E-state index < -0.39 is 5.41 Å². The molecule has 0 N–H and O–H groups in total. The molecule has 134 valence electrons. The standard InChI is InChI=1S/C23H24O2S/c1-15-9-8-12-18(16(15)2)21(24)20-19(13-14-23(3,4)22(20)25)26-17-10-6-5-7-11-17/h5-12H,13-14H2,1-4H3. The molecule has 2 nitrogen and oxygen atoms in total. The van der Waals surface area contributed by atoms with Gasteiger partial charge in [-0.3, -0.25) is 9.59 Å². The minimum atomic E-state index is -0.497. The molecular weight excluding hydrogens is 340 g/mol. The predicted molar refractivity (Wildman–Crippen MR) is 108 cm³/mol. The van der Waals surface area contributed by atoms with E-state index in [9.17, 15) is 9.59 Å². The van der Waals surface area contributed by atoms with E-state index in [4.69, 9.17) is 0 Å². The van der Waals surface area contributed by atoms with Crippen LogP contribution < -0.4 is 0 Å². The summed E-state index contributed by atoms with van der Waals surface area (Å²) in [7, 11) is 0. The predicted octanol–water partition coefficient (Wildman–Crippen LogP) is 5.92. The van der Waals surface area contributed by atoms with Gasteiger partial charge in [0.15, 0.2) is 11.6 Å². The summed E-state index contributed by atoms with van der Waals surface area (Å²) >= 11 is 1.55. The molecule has 0 aliphatic heterocycles. The normalized spacial score (nSPS) is 16.7. The van der Waals surface area contributed by atoms with Gasteiger partial charge in [-0.2, -0.15) is 0 Å². The van der Waals surface area contributed by atoms with Crippen molar-refractivity contribution in [3.8, 4) is 0 Å². The van der Waals surface area contributed by atoms with Gasteiger partial charge in [-0.25, -0.2) is 0 Å². The van der Waals surface area contributed by atoms with E-state index in [1.54, 1.807) is 11.8 Å². The Morgan fingerprint density at radius 1 is 1.00 bits per heavy atom. The second-order valence-electron chi connectivity index (χ2n) is 7.50. The maximum atomic E-state index is 13.4. The van der Waals surface area contributed by atoms with Crippen molar-refractivity contribution in [2.24, 2.45) is 5.41 Å². The molecule has 0 atom stereocenters. The number of carbonyl (C=O) groups excluding carboxylic acids is 2. The number of allylic oxidation sites excluding steroid dienone is 2. The van der Waals surface area contributed by atoms with Crippen molar-refractivity contribution < 1.29 is 9.59 Å². The summed E-state index contributed by atoms with van der Waals surface area (Å²) in [5, 5.41) is 0. The SMILES string of the molecule is Cc1cccc(C(=O)C2=C(Sc3ccccc3)CCC(C)(C)C2=O)c1C. The lowest BCUT2D eigenvalue weighted by molar-refractivity contribution is -0.123. The number of carbonyl (C=O) groups is 2. The lowest BCUT2D eigenvalue weighted by atomic mass is 9.74. The van der Waals surface area contributed by atoms with Crippen molar-refractivity contribution in [2.75, 3.05) is 0 Å². The summed E-state index contributed by atoms with van der Waals surface area (Å²) in [6.07, 6.45) is 1.52. The Labute approximate surface area is 159 Å². The molecule has 0 amide bonds. The Kier molecular flexibility index (Phi) is 5.19. The Hall–Kier alpha value is -2.13. The number of aryl methyl sites for hydroxylation is 1. The van der Waals surface area contributed by atoms with Crippen molar-refractivity contribution in [3.05, 3.63) is 75.7 Å². The fraction of sp³-hybridized carbons (Fsp3) is 0.304. The van der Waals surface area contributed by atoms with E-state index in [0.29, 0.717) is 11.1 Å². The lowest BCUT2D eigenvalue weighted by Gasteiger charge is -2.31. The molecule has 0 fully saturated rings. The largest absolute Gasteiger partial charge is 0.293 e. The number of Topliss-reactive ketones (excluding diaryl/α,β-unsaturated/α-hetero) is 2. The molecule has 0 radical (unpaired) electrons. The third-order valence-corrected chi connectivity index (χ3v) is 6.32. The van der Waals surface area contributed by atoms with E-state index in [2.05, 4.69) is 0 Å². The zero-order valence-corrected chi connectivity index (χ0v) is 16.6. The van der Waals surface area contributed by atoms with Crippen LogP contribution in [0.1, 0.15) is 48.2 Å². The summed E-state index contributed by atoms with van der Waals surface area (Å²) in [5.41, 5.74) is 2.53. The van der Waals surface area contributed by atoms with Crippen molar-refractivity contribution in [3.63, 3.8) is 0 Å². The highest BCUT2D eigenvalue weighted by Crippen LogP contribution is 2.43. The highest BCUT2D eigenvalue weighted by molar-refractivity contribution is 8.03. The molecule has 2 aromatic carbocycles. The third-order valence-electron chi connectivity index (χ3n) is 5.16. The first-order chi connectivity index (χ1) is 12.3. The van der Waals surface area contributed by atoms with Crippen LogP contribution in [0.4, 0.5) is 0 Å². The quantitative estimate of drug-likeness (QED) is 0.499. The fourth-order valence-corrected chi connectivity index (χ4v) is 4.29. The zero-order valence-electron chi connectivity index (χ0n) is 15.8. The maximum absolute atomic E-state index is 13.4. The molecule has 1 aliphatic carbocycles. The Morgan fingerprint density at radius 3 is 2.38 bits per heavy atom. The van der Waals surface area contributed by atoms with Gasteiger partial charge in [0.1, 0.15) is 0 Å². The first kappa shape index (κ1) is 18.7. The molecule has 3 rings (SSSR count). The summed E-state index contributed by atoms with van der Waals surface area (Å²) in [6, 6.07) is 15.7. The highest BCUT2D eigenvalue weighted by atomic mass is 32.2. The van der Waals surface area contributed by atoms with Gasteiger partial charge in [-0.05, 0) is 49.9 Å². The molecule has 3 heteroatoms. The van der Waals surface area contributed by atoms with Crippen molar-refractivity contribution in [2.45, 2.75) is 45.4 Å². The molecule has 1 aliphatic rings. The molecule has 0 unspecified atom stereocenters. The highest BCUT2D eigenvalue weighted by Gasteiger charge is 2.39. The fourth-order valence-electron chi connectivity index (χ4n) is 3.22. The van der Waals surface area contributed by atoms with Crippen LogP contribution in [0.15, 0.2) is 63.9 Å². The molecule has 0 spiro atoms. The average molecular weight is 365 g/mol. The zero-order chi connectivity index (χ0) is 18.9. The maximum Gasteiger partial charge on any atom is 0.197 e. The first-order valence-electron chi connectivity index (χ1n) is 8.93. The first-order valence-corrected chi connectivity index (χ1v) is 9.74. The van der Waals surface area contributed by atoms with Crippen molar-refractivity contribution >= 4 is 23.3 Å². The van der Waals surface area contributed by atoms with Gasteiger partial charge in [0.25, 0.3) is 0 Å². The Balaban J connectivity index is 2.10. The number of hydrogen-bond donors (Lipinski definition) is 0. The van der Waals surface area contributed by atoms with Crippen LogP contribution >= 0.6 is 11.8 Å².